The molecule has 0 aliphatic carbocycles. The van der Waals surface area contributed by atoms with Crippen LogP contribution in [-0.2, 0) is 0 Å². The highest BCUT2D eigenvalue weighted by molar-refractivity contribution is 9.10. The van der Waals surface area contributed by atoms with Crippen molar-refractivity contribution in [3.05, 3.63) is 23.1 Å². The Hall–Kier alpha value is -1.10. The maximum absolute atomic E-state index is 5.58. The van der Waals surface area contributed by atoms with Crippen molar-refractivity contribution in [2.24, 2.45) is 0 Å². The first kappa shape index (κ1) is 10.4. The maximum atomic E-state index is 5.58. The zero-order valence-corrected chi connectivity index (χ0v) is 10.1. The summed E-state index contributed by atoms with van der Waals surface area (Å²) in [5, 5.41) is 4.11. The van der Waals surface area contributed by atoms with Crippen LogP contribution in [0.4, 0.5) is 0 Å². The molecule has 80 valence electrons. The van der Waals surface area contributed by atoms with Crippen LogP contribution in [0.2, 0.25) is 0 Å². The predicted molar refractivity (Wildman–Crippen MR) is 61.1 cm³/mol. The summed E-state index contributed by atoms with van der Waals surface area (Å²) in [7, 11) is 0. The summed E-state index contributed by atoms with van der Waals surface area (Å²) in [5.74, 6) is 0.643. The topological polar surface area (TPSA) is 39.4 Å². The van der Waals surface area contributed by atoms with Gasteiger partial charge in [0.2, 0.25) is 5.88 Å². The summed E-state index contributed by atoms with van der Waals surface area (Å²) >= 11 is 3.40. The van der Waals surface area contributed by atoms with E-state index in [0.717, 1.165) is 23.0 Å². The van der Waals surface area contributed by atoms with Gasteiger partial charge in [0.05, 0.1) is 6.61 Å². The van der Waals surface area contributed by atoms with Crippen molar-refractivity contribution in [2.75, 3.05) is 6.61 Å². The second-order valence-corrected chi connectivity index (χ2v) is 4.03. The van der Waals surface area contributed by atoms with Crippen molar-refractivity contribution in [2.45, 2.75) is 19.8 Å². The van der Waals surface area contributed by atoms with Crippen LogP contribution in [0, 0.1) is 0 Å². The molecule has 2 aromatic heterocycles. The van der Waals surface area contributed by atoms with Crippen LogP contribution in [0.25, 0.3) is 5.52 Å². The first-order valence-electron chi connectivity index (χ1n) is 4.94. The summed E-state index contributed by atoms with van der Waals surface area (Å²) < 4.78 is 8.24. The molecule has 0 bridgehead atoms. The zero-order valence-electron chi connectivity index (χ0n) is 8.48. The molecule has 0 spiro atoms. The van der Waals surface area contributed by atoms with Gasteiger partial charge in [0.15, 0.2) is 0 Å². The Morgan fingerprint density at radius 1 is 1.47 bits per heavy atom. The Bertz CT molecular complexity index is 455. The van der Waals surface area contributed by atoms with Gasteiger partial charge in [-0.15, -0.1) is 0 Å². The highest BCUT2D eigenvalue weighted by Crippen LogP contribution is 2.21. The first-order chi connectivity index (χ1) is 7.33. The summed E-state index contributed by atoms with van der Waals surface area (Å²) in [5.41, 5.74) is 0.889. The van der Waals surface area contributed by atoms with Crippen LogP contribution >= 0.6 is 15.9 Å². The Morgan fingerprint density at radius 2 is 2.33 bits per heavy atom. The molecule has 0 aliphatic heterocycles. The fourth-order valence-electron chi connectivity index (χ4n) is 1.30. The van der Waals surface area contributed by atoms with Crippen LogP contribution in [0.5, 0.6) is 5.88 Å². The SMILES string of the molecule is CCCCOc1ncnn2c(Br)ccc12. The third-order valence-corrected chi connectivity index (χ3v) is 2.71. The van der Waals surface area contributed by atoms with Crippen LogP contribution < -0.4 is 4.74 Å². The third-order valence-electron chi connectivity index (χ3n) is 2.11. The van der Waals surface area contributed by atoms with Gasteiger partial charge in [-0.1, -0.05) is 13.3 Å². The number of nitrogens with zero attached hydrogens (tertiary/aromatic N) is 3. The minimum absolute atomic E-state index is 0.643. The van der Waals surface area contributed by atoms with Gasteiger partial charge in [0.1, 0.15) is 16.4 Å². The average Bonchev–Trinajstić information content (AvgIpc) is 2.62. The molecule has 0 radical (unpaired) electrons. The second kappa shape index (κ2) is 4.61. The second-order valence-electron chi connectivity index (χ2n) is 3.22. The number of ether oxygens (including phenoxy) is 1. The molecule has 2 heterocycles. The van der Waals surface area contributed by atoms with E-state index in [1.54, 1.807) is 4.52 Å². The fourth-order valence-corrected chi connectivity index (χ4v) is 1.72. The van der Waals surface area contributed by atoms with Gasteiger partial charge in [-0.3, -0.25) is 0 Å². The van der Waals surface area contributed by atoms with Crippen LogP contribution in [-0.4, -0.2) is 21.2 Å². The lowest BCUT2D eigenvalue weighted by Gasteiger charge is -2.05. The number of rotatable bonds is 4. The lowest BCUT2D eigenvalue weighted by Crippen LogP contribution is -2.02. The fraction of sp³-hybridized carbons (Fsp3) is 0.400. The molecular formula is C10H12BrN3O. The molecule has 2 rings (SSSR count). The molecule has 0 aromatic carbocycles. The van der Waals surface area contributed by atoms with Crippen molar-refractivity contribution < 1.29 is 4.74 Å². The van der Waals surface area contributed by atoms with E-state index in [1.165, 1.54) is 6.33 Å². The zero-order chi connectivity index (χ0) is 10.7. The molecule has 0 amide bonds. The number of aromatic nitrogens is 3. The number of hydrogen-bond acceptors (Lipinski definition) is 3. The minimum Gasteiger partial charge on any atom is -0.476 e. The highest BCUT2D eigenvalue weighted by Gasteiger charge is 2.06. The molecule has 0 saturated heterocycles. The molecule has 0 aliphatic rings. The molecule has 4 nitrogen and oxygen atoms in total. The number of fused-ring (bicyclic) bond motifs is 1. The molecule has 15 heavy (non-hydrogen) atoms. The highest BCUT2D eigenvalue weighted by atomic mass is 79.9. The molecule has 2 aromatic rings. The summed E-state index contributed by atoms with van der Waals surface area (Å²) in [6.07, 6.45) is 3.66. The molecule has 0 atom stereocenters. The number of hydrogen-bond donors (Lipinski definition) is 0. The minimum atomic E-state index is 0.643. The Morgan fingerprint density at radius 3 is 3.13 bits per heavy atom. The smallest absolute Gasteiger partial charge is 0.241 e. The van der Waals surface area contributed by atoms with E-state index in [4.69, 9.17) is 4.74 Å². The van der Waals surface area contributed by atoms with Gasteiger partial charge < -0.3 is 4.74 Å². The Labute approximate surface area is 96.4 Å². The van der Waals surface area contributed by atoms with E-state index in [9.17, 15) is 0 Å². The average molecular weight is 270 g/mol. The van der Waals surface area contributed by atoms with Gasteiger partial charge in [-0.2, -0.15) is 10.1 Å². The molecule has 0 unspecified atom stereocenters. The Balaban J connectivity index is 2.26. The monoisotopic (exact) mass is 269 g/mol. The predicted octanol–water partition coefficient (Wildman–Crippen LogP) is 2.67. The van der Waals surface area contributed by atoms with E-state index >= 15 is 0 Å². The van der Waals surface area contributed by atoms with Gasteiger partial charge >= 0.3 is 0 Å². The molecule has 0 saturated carbocycles. The van der Waals surface area contributed by atoms with Crippen LogP contribution in [0.1, 0.15) is 19.8 Å². The third kappa shape index (κ3) is 2.12. The van der Waals surface area contributed by atoms with Crippen molar-refractivity contribution in [3.8, 4) is 5.88 Å². The lowest BCUT2D eigenvalue weighted by atomic mass is 10.4. The van der Waals surface area contributed by atoms with Gasteiger partial charge in [0, 0.05) is 0 Å². The Kier molecular flexibility index (Phi) is 3.20. The van der Waals surface area contributed by atoms with Crippen LogP contribution in [0.3, 0.4) is 0 Å². The maximum Gasteiger partial charge on any atom is 0.241 e. The van der Waals surface area contributed by atoms with E-state index < -0.39 is 0 Å². The molecule has 5 heteroatoms. The number of unbranched alkanes of at least 4 members (excludes halogenated alkanes) is 1. The summed E-state index contributed by atoms with van der Waals surface area (Å²) in [6.45, 7) is 2.83. The quantitative estimate of drug-likeness (QED) is 0.802. The van der Waals surface area contributed by atoms with Gasteiger partial charge in [-0.25, -0.2) is 4.52 Å². The van der Waals surface area contributed by atoms with E-state index in [1.807, 2.05) is 12.1 Å². The lowest BCUT2D eigenvalue weighted by molar-refractivity contribution is 0.299. The standard InChI is InChI=1S/C10H12BrN3O/c1-2-3-6-15-10-8-4-5-9(11)14(8)13-7-12-10/h4-5,7H,2-3,6H2,1H3. The summed E-state index contributed by atoms with van der Waals surface area (Å²) in [6, 6.07) is 3.86. The van der Waals surface area contributed by atoms with E-state index in [2.05, 4.69) is 32.9 Å². The number of halogens is 1. The summed E-state index contributed by atoms with van der Waals surface area (Å²) in [4.78, 5) is 4.12. The molecule has 0 fully saturated rings. The van der Waals surface area contributed by atoms with Crippen molar-refractivity contribution in [1.29, 1.82) is 0 Å². The van der Waals surface area contributed by atoms with Crippen molar-refractivity contribution in [1.82, 2.24) is 14.6 Å². The van der Waals surface area contributed by atoms with Crippen molar-refractivity contribution >= 4 is 21.4 Å². The van der Waals surface area contributed by atoms with Crippen molar-refractivity contribution in [3.63, 3.8) is 0 Å². The normalized spacial score (nSPS) is 10.8. The first-order valence-corrected chi connectivity index (χ1v) is 5.73. The van der Waals surface area contributed by atoms with Gasteiger partial charge in [-0.05, 0) is 34.5 Å². The largest absolute Gasteiger partial charge is 0.476 e. The van der Waals surface area contributed by atoms with Gasteiger partial charge in [0.25, 0.3) is 0 Å². The molecule has 0 N–H and O–H groups in total. The molecular weight excluding hydrogens is 258 g/mol. The van der Waals surface area contributed by atoms with Crippen LogP contribution in [0.15, 0.2) is 23.1 Å². The van der Waals surface area contributed by atoms with E-state index in [-0.39, 0.29) is 0 Å². The van der Waals surface area contributed by atoms with E-state index in [0.29, 0.717) is 12.5 Å².